The number of nitrogens with zero attached hydrogens (tertiary/aromatic N) is 1. The number of nitro groups is 1. The summed E-state index contributed by atoms with van der Waals surface area (Å²) in [5, 5.41) is 23.1. The second-order valence-electron chi connectivity index (χ2n) is 4.99. The Balaban J connectivity index is 2.25. The van der Waals surface area contributed by atoms with Crippen molar-refractivity contribution < 1.29 is 14.8 Å². The third-order valence-electron chi connectivity index (χ3n) is 3.23. The highest BCUT2D eigenvalue weighted by Crippen LogP contribution is 2.35. The van der Waals surface area contributed by atoms with E-state index in [0.717, 1.165) is 6.42 Å². The first-order valence-electron chi connectivity index (χ1n) is 6.26. The number of nitrogens with one attached hydrogen (secondary N) is 1. The molecule has 1 aromatic rings. The van der Waals surface area contributed by atoms with Crippen molar-refractivity contribution in [1.29, 1.82) is 0 Å². The molecule has 19 heavy (non-hydrogen) atoms. The molecule has 0 amide bonds. The van der Waals surface area contributed by atoms with Crippen LogP contribution in [0.5, 0.6) is 0 Å². The lowest BCUT2D eigenvalue weighted by molar-refractivity contribution is -0.384. The Morgan fingerprint density at radius 3 is 2.79 bits per heavy atom. The van der Waals surface area contributed by atoms with Crippen LogP contribution in [0.15, 0.2) is 18.2 Å². The maximum atomic E-state index is 11.1. The number of anilines is 1. The fourth-order valence-corrected chi connectivity index (χ4v) is 2.21. The van der Waals surface area contributed by atoms with Gasteiger partial charge in [0.25, 0.3) is 0 Å². The molecule has 0 bridgehead atoms. The number of aromatic carboxylic acids is 1. The number of rotatable bonds is 6. The van der Waals surface area contributed by atoms with Gasteiger partial charge in [-0.15, -0.1) is 0 Å². The molecule has 0 aliphatic heterocycles. The number of carboxylic acids is 1. The van der Waals surface area contributed by atoms with E-state index < -0.39 is 10.9 Å². The van der Waals surface area contributed by atoms with Crippen molar-refractivity contribution in [1.82, 2.24) is 0 Å². The molecule has 0 aromatic heterocycles. The van der Waals surface area contributed by atoms with Crippen LogP contribution in [0.25, 0.3) is 0 Å². The SMILES string of the molecule is CC(CC1CC1)Nc1cccc(C(=O)O)c1[N+](=O)[O-]. The van der Waals surface area contributed by atoms with Gasteiger partial charge in [-0.2, -0.15) is 0 Å². The van der Waals surface area contributed by atoms with Crippen molar-refractivity contribution in [3.05, 3.63) is 33.9 Å². The topological polar surface area (TPSA) is 92.5 Å². The second-order valence-corrected chi connectivity index (χ2v) is 4.99. The van der Waals surface area contributed by atoms with Crippen LogP contribution in [0.3, 0.4) is 0 Å². The summed E-state index contributed by atoms with van der Waals surface area (Å²) < 4.78 is 0. The second kappa shape index (κ2) is 5.26. The van der Waals surface area contributed by atoms with Gasteiger partial charge in [0.15, 0.2) is 0 Å². The molecule has 6 heteroatoms. The molecule has 2 N–H and O–H groups in total. The summed E-state index contributed by atoms with van der Waals surface area (Å²) in [6, 6.07) is 4.41. The number of carboxylic acid groups (broad SMARTS) is 1. The standard InChI is InChI=1S/C13H16N2O4/c1-8(7-9-5-6-9)14-11-4-2-3-10(13(16)17)12(11)15(18)19/h2-4,8-9,14H,5-7H2,1H3,(H,16,17). The lowest BCUT2D eigenvalue weighted by atomic mass is 10.1. The predicted molar refractivity (Wildman–Crippen MR) is 70.5 cm³/mol. The lowest BCUT2D eigenvalue weighted by Gasteiger charge is -2.15. The third kappa shape index (κ3) is 3.21. The minimum absolute atomic E-state index is 0.0928. The highest BCUT2D eigenvalue weighted by Gasteiger charge is 2.27. The van der Waals surface area contributed by atoms with E-state index in [1.807, 2.05) is 6.92 Å². The molecular formula is C13H16N2O4. The van der Waals surface area contributed by atoms with Crippen LogP contribution in [-0.2, 0) is 0 Å². The number of hydrogen-bond donors (Lipinski definition) is 2. The maximum Gasteiger partial charge on any atom is 0.342 e. The third-order valence-corrected chi connectivity index (χ3v) is 3.23. The quantitative estimate of drug-likeness (QED) is 0.608. The van der Waals surface area contributed by atoms with Crippen molar-refractivity contribution in [2.24, 2.45) is 5.92 Å². The first-order valence-corrected chi connectivity index (χ1v) is 6.26. The molecule has 1 fully saturated rings. The zero-order valence-corrected chi connectivity index (χ0v) is 10.6. The largest absolute Gasteiger partial charge is 0.477 e. The molecule has 0 heterocycles. The van der Waals surface area contributed by atoms with Gasteiger partial charge < -0.3 is 10.4 Å². The van der Waals surface area contributed by atoms with Crippen LogP contribution in [0.4, 0.5) is 11.4 Å². The van der Waals surface area contributed by atoms with E-state index in [-0.39, 0.29) is 23.0 Å². The van der Waals surface area contributed by atoms with Gasteiger partial charge in [-0.25, -0.2) is 4.79 Å². The Morgan fingerprint density at radius 1 is 1.58 bits per heavy atom. The van der Waals surface area contributed by atoms with Gasteiger partial charge >= 0.3 is 11.7 Å². The van der Waals surface area contributed by atoms with Crippen LogP contribution in [0.1, 0.15) is 36.5 Å². The summed E-state index contributed by atoms with van der Waals surface area (Å²) in [5.74, 6) is -0.589. The van der Waals surface area contributed by atoms with Crippen LogP contribution >= 0.6 is 0 Å². The van der Waals surface area contributed by atoms with Gasteiger partial charge in [0.05, 0.1) is 4.92 Å². The highest BCUT2D eigenvalue weighted by atomic mass is 16.6. The Bertz CT molecular complexity index is 511. The summed E-state index contributed by atoms with van der Waals surface area (Å²) in [6.45, 7) is 1.95. The van der Waals surface area contributed by atoms with Crippen molar-refractivity contribution in [2.75, 3.05) is 5.32 Å². The zero-order valence-electron chi connectivity index (χ0n) is 10.6. The zero-order chi connectivity index (χ0) is 14.0. The van der Waals surface area contributed by atoms with Crippen LogP contribution in [-0.4, -0.2) is 22.0 Å². The number of benzene rings is 1. The van der Waals surface area contributed by atoms with Crippen molar-refractivity contribution in [2.45, 2.75) is 32.2 Å². The van der Waals surface area contributed by atoms with Crippen LogP contribution in [0, 0.1) is 16.0 Å². The Hall–Kier alpha value is -2.11. The lowest BCUT2D eigenvalue weighted by Crippen LogP contribution is -2.17. The minimum Gasteiger partial charge on any atom is -0.477 e. The van der Waals surface area contributed by atoms with Crippen molar-refractivity contribution in [3.63, 3.8) is 0 Å². The minimum atomic E-state index is -1.29. The van der Waals surface area contributed by atoms with Crippen LogP contribution < -0.4 is 5.32 Å². The average molecular weight is 264 g/mol. The van der Waals surface area contributed by atoms with E-state index in [1.165, 1.54) is 25.0 Å². The molecule has 6 nitrogen and oxygen atoms in total. The summed E-state index contributed by atoms with van der Waals surface area (Å²) in [6.07, 6.45) is 3.38. The average Bonchev–Trinajstić information content (AvgIpc) is 3.11. The highest BCUT2D eigenvalue weighted by molar-refractivity contribution is 5.95. The van der Waals surface area contributed by atoms with Crippen molar-refractivity contribution in [3.8, 4) is 0 Å². The number of carbonyl (C=O) groups is 1. The summed E-state index contributed by atoms with van der Waals surface area (Å²) >= 11 is 0. The van der Waals surface area contributed by atoms with Gasteiger partial charge in [0, 0.05) is 6.04 Å². The molecule has 2 rings (SSSR count). The van der Waals surface area contributed by atoms with E-state index in [2.05, 4.69) is 5.32 Å². The van der Waals surface area contributed by atoms with Crippen molar-refractivity contribution >= 4 is 17.3 Å². The van der Waals surface area contributed by atoms with Gasteiger partial charge in [0.2, 0.25) is 0 Å². The molecule has 0 spiro atoms. The number of hydrogen-bond acceptors (Lipinski definition) is 4. The van der Waals surface area contributed by atoms with Gasteiger partial charge in [-0.05, 0) is 31.4 Å². The van der Waals surface area contributed by atoms with E-state index in [1.54, 1.807) is 6.07 Å². The molecule has 1 unspecified atom stereocenters. The predicted octanol–water partition coefficient (Wildman–Crippen LogP) is 2.89. The molecule has 1 atom stereocenters. The Morgan fingerprint density at radius 2 is 2.26 bits per heavy atom. The maximum absolute atomic E-state index is 11.1. The van der Waals surface area contributed by atoms with Gasteiger partial charge in [-0.3, -0.25) is 10.1 Å². The normalized spacial score (nSPS) is 15.8. The Kier molecular flexibility index (Phi) is 3.69. The number of para-hydroxylation sites is 1. The Labute approximate surface area is 110 Å². The number of nitro benzene ring substituents is 1. The molecule has 0 saturated heterocycles. The molecule has 1 saturated carbocycles. The molecule has 1 aliphatic carbocycles. The monoisotopic (exact) mass is 264 g/mol. The summed E-state index contributed by atoms with van der Waals surface area (Å²) in [5.41, 5.74) is -0.371. The molecule has 102 valence electrons. The van der Waals surface area contributed by atoms with E-state index >= 15 is 0 Å². The molecular weight excluding hydrogens is 248 g/mol. The van der Waals surface area contributed by atoms with Gasteiger partial charge in [0.1, 0.15) is 11.3 Å². The smallest absolute Gasteiger partial charge is 0.342 e. The first kappa shape index (κ1) is 13.3. The van der Waals surface area contributed by atoms with Crippen LogP contribution in [0.2, 0.25) is 0 Å². The molecule has 0 radical (unpaired) electrons. The molecule has 1 aromatic carbocycles. The van der Waals surface area contributed by atoms with Gasteiger partial charge in [-0.1, -0.05) is 18.9 Å². The fourth-order valence-electron chi connectivity index (χ4n) is 2.21. The van der Waals surface area contributed by atoms with E-state index in [4.69, 9.17) is 5.11 Å². The van der Waals surface area contributed by atoms with E-state index in [0.29, 0.717) is 5.92 Å². The fraction of sp³-hybridized carbons (Fsp3) is 0.462. The summed E-state index contributed by atoms with van der Waals surface area (Å²) in [7, 11) is 0. The van der Waals surface area contributed by atoms with E-state index in [9.17, 15) is 14.9 Å². The summed E-state index contributed by atoms with van der Waals surface area (Å²) in [4.78, 5) is 21.4. The molecule has 1 aliphatic rings. The first-order chi connectivity index (χ1) is 8.99.